The highest BCUT2D eigenvalue weighted by Gasteiger charge is 2.25. The molecule has 0 saturated heterocycles. The van der Waals surface area contributed by atoms with Crippen LogP contribution < -0.4 is 15.9 Å². The Morgan fingerprint density at radius 2 is 1.97 bits per heavy atom. The number of aromatic nitrogens is 6. The second kappa shape index (κ2) is 9.55. The number of nitrogens with zero attached hydrogens (tertiary/aromatic N) is 4. The number of fused-ring (bicyclic) bond motifs is 1. The van der Waals surface area contributed by atoms with Gasteiger partial charge in [-0.25, -0.2) is 9.37 Å². The van der Waals surface area contributed by atoms with E-state index in [1.165, 1.54) is 0 Å². The van der Waals surface area contributed by atoms with Crippen LogP contribution in [0.25, 0.3) is 51.2 Å². The first kappa shape index (κ1) is 23.5. The van der Waals surface area contributed by atoms with Crippen LogP contribution in [0.4, 0.5) is 10.1 Å². The number of para-hydroxylation sites is 1. The number of pyridine rings is 2. The molecule has 3 N–H and O–H groups in total. The van der Waals surface area contributed by atoms with Crippen molar-refractivity contribution < 1.29 is 4.39 Å². The number of hydrogen-bond donors (Lipinski definition) is 3. The first-order valence-corrected chi connectivity index (χ1v) is 12.4. The van der Waals surface area contributed by atoms with Crippen LogP contribution in [-0.2, 0) is 0 Å². The molecule has 0 bridgehead atoms. The molecule has 7 nitrogen and oxygen atoms in total. The largest absolute Gasteiger partial charge is 0.358 e. The van der Waals surface area contributed by atoms with Gasteiger partial charge in [0, 0.05) is 46.6 Å². The first-order chi connectivity index (χ1) is 18.5. The van der Waals surface area contributed by atoms with Gasteiger partial charge in [-0.05, 0) is 43.9 Å². The molecular weight excluding hydrogens is 477 g/mol. The summed E-state index contributed by atoms with van der Waals surface area (Å²) in [6.45, 7) is 9.99. The first-order valence-electron chi connectivity index (χ1n) is 12.4. The van der Waals surface area contributed by atoms with E-state index >= 15 is 4.39 Å². The minimum Gasteiger partial charge on any atom is -0.358 e. The van der Waals surface area contributed by atoms with Gasteiger partial charge in [0.25, 0.3) is 0 Å². The fourth-order valence-corrected chi connectivity index (χ4v) is 4.53. The quantitative estimate of drug-likeness (QED) is 0.279. The monoisotopic (exact) mass is 503 g/mol. The van der Waals surface area contributed by atoms with Crippen molar-refractivity contribution in [2.24, 2.45) is 5.92 Å². The Morgan fingerprint density at radius 3 is 2.74 bits per heavy atom. The highest BCUT2D eigenvalue weighted by Crippen LogP contribution is 2.36. The molecule has 4 heterocycles. The molecule has 1 aromatic carbocycles. The molecule has 1 fully saturated rings. The van der Waals surface area contributed by atoms with Gasteiger partial charge in [0.2, 0.25) is 0 Å². The number of rotatable bonds is 7. The maximum atomic E-state index is 16.2. The van der Waals surface area contributed by atoms with E-state index in [9.17, 15) is 0 Å². The lowest BCUT2D eigenvalue weighted by Crippen LogP contribution is -2.26. The predicted octanol–water partition coefficient (Wildman–Crippen LogP) is 5.34. The molecule has 8 heteroatoms. The average Bonchev–Trinajstić information content (AvgIpc) is 3.57. The summed E-state index contributed by atoms with van der Waals surface area (Å²) in [5.41, 5.74) is 6.28. The molecule has 6 rings (SSSR count). The number of anilines is 1. The molecular formula is C30H26FN7. The second-order valence-electron chi connectivity index (χ2n) is 9.36. The summed E-state index contributed by atoms with van der Waals surface area (Å²) in [5.74, 6) is 0.437. The Labute approximate surface area is 218 Å². The van der Waals surface area contributed by atoms with Crippen LogP contribution in [0.15, 0.2) is 80.0 Å². The van der Waals surface area contributed by atoms with Gasteiger partial charge < -0.3 is 10.3 Å². The number of imidazole rings is 1. The summed E-state index contributed by atoms with van der Waals surface area (Å²) in [4.78, 5) is 16.7. The zero-order valence-corrected chi connectivity index (χ0v) is 20.9. The molecule has 0 unspecified atom stereocenters. The van der Waals surface area contributed by atoms with E-state index in [1.807, 2.05) is 43.3 Å². The Hall–Kier alpha value is -4.85. The molecule has 0 spiro atoms. The fraction of sp³-hybridized carbons (Fsp3) is 0.133. The van der Waals surface area contributed by atoms with Crippen molar-refractivity contribution in [1.82, 2.24) is 30.1 Å². The third-order valence-corrected chi connectivity index (χ3v) is 6.74. The third-order valence-electron chi connectivity index (χ3n) is 6.74. The van der Waals surface area contributed by atoms with Crippen molar-refractivity contribution in [2.45, 2.75) is 19.8 Å². The van der Waals surface area contributed by atoms with Gasteiger partial charge in [-0.1, -0.05) is 37.4 Å². The highest BCUT2D eigenvalue weighted by molar-refractivity contribution is 5.96. The SMILES string of the molecule is C=C(/C(F)=c1/c(-c2nc3c(-c4cccnc4)cccc3[nH]2)n[nH]/c1=C/C)c1cncc(NC(=C)C2CC2)c1. The zero-order valence-electron chi connectivity index (χ0n) is 20.9. The maximum absolute atomic E-state index is 16.2. The van der Waals surface area contributed by atoms with Crippen LogP contribution in [0.1, 0.15) is 25.3 Å². The molecule has 188 valence electrons. The van der Waals surface area contributed by atoms with E-state index < -0.39 is 5.83 Å². The molecule has 5 aromatic rings. The van der Waals surface area contributed by atoms with Gasteiger partial charge in [0.1, 0.15) is 11.5 Å². The van der Waals surface area contributed by atoms with Gasteiger partial charge in [-0.15, -0.1) is 0 Å². The van der Waals surface area contributed by atoms with E-state index in [0.717, 1.165) is 46.4 Å². The molecule has 0 radical (unpaired) electrons. The molecule has 1 aliphatic carbocycles. The van der Waals surface area contributed by atoms with Crippen LogP contribution in [0, 0.1) is 5.92 Å². The standard InChI is InChI=1S/C30H26FN7/c1-4-24-26(27(31)17(2)21-13-22(16-33-15-21)34-18(3)19-10-11-19)29(38-37-24)30-35-25-9-5-8-23(28(25)36-30)20-7-6-12-32-14-20/h4-9,12-16,19,34,37H,2-3,10-11H2,1H3,(H,35,36)/b24-4+,27-26-. The van der Waals surface area contributed by atoms with Crippen molar-refractivity contribution >= 4 is 34.2 Å². The number of hydrogen-bond acceptors (Lipinski definition) is 5. The summed E-state index contributed by atoms with van der Waals surface area (Å²) in [6.07, 6.45) is 10.9. The Balaban J connectivity index is 1.44. The molecule has 0 aliphatic heterocycles. The third kappa shape index (κ3) is 4.30. The van der Waals surface area contributed by atoms with E-state index in [4.69, 9.17) is 4.98 Å². The average molecular weight is 504 g/mol. The number of halogens is 1. The van der Waals surface area contributed by atoms with Gasteiger partial charge in [-0.2, -0.15) is 5.10 Å². The molecule has 0 amide bonds. The Morgan fingerprint density at radius 1 is 1.11 bits per heavy atom. The summed E-state index contributed by atoms with van der Waals surface area (Å²) in [7, 11) is 0. The summed E-state index contributed by atoms with van der Waals surface area (Å²) < 4.78 is 16.2. The molecule has 1 saturated carbocycles. The van der Waals surface area contributed by atoms with Gasteiger partial charge in [0.05, 0.1) is 33.5 Å². The number of benzene rings is 1. The van der Waals surface area contributed by atoms with Crippen LogP contribution >= 0.6 is 0 Å². The molecule has 0 atom stereocenters. The summed E-state index contributed by atoms with van der Waals surface area (Å²) in [5, 5.41) is 11.5. The summed E-state index contributed by atoms with van der Waals surface area (Å²) in [6, 6.07) is 11.6. The normalized spacial score (nSPS) is 14.5. The van der Waals surface area contributed by atoms with Crippen molar-refractivity contribution in [3.05, 3.63) is 96.2 Å². The van der Waals surface area contributed by atoms with Crippen LogP contribution in [0.3, 0.4) is 0 Å². The van der Waals surface area contributed by atoms with Crippen molar-refractivity contribution in [3.8, 4) is 22.6 Å². The van der Waals surface area contributed by atoms with Gasteiger partial charge in [-0.3, -0.25) is 15.1 Å². The number of allylic oxidation sites excluding steroid dienone is 2. The smallest absolute Gasteiger partial charge is 0.159 e. The maximum Gasteiger partial charge on any atom is 0.159 e. The molecule has 38 heavy (non-hydrogen) atoms. The second-order valence-corrected chi connectivity index (χ2v) is 9.36. The van der Waals surface area contributed by atoms with Crippen molar-refractivity contribution in [1.29, 1.82) is 0 Å². The number of H-pyrrole nitrogens is 2. The van der Waals surface area contributed by atoms with Gasteiger partial charge >= 0.3 is 0 Å². The van der Waals surface area contributed by atoms with E-state index in [2.05, 4.69) is 43.6 Å². The van der Waals surface area contributed by atoms with E-state index in [1.54, 1.807) is 30.9 Å². The fourth-order valence-electron chi connectivity index (χ4n) is 4.53. The number of aromatic amines is 2. The lowest BCUT2D eigenvalue weighted by molar-refractivity contribution is 0.764. The predicted molar refractivity (Wildman–Crippen MR) is 150 cm³/mol. The molecule has 4 aromatic heterocycles. The van der Waals surface area contributed by atoms with Gasteiger partial charge in [0.15, 0.2) is 5.82 Å². The lowest BCUT2D eigenvalue weighted by atomic mass is 10.1. The minimum atomic E-state index is -0.505. The zero-order chi connectivity index (χ0) is 26.2. The van der Waals surface area contributed by atoms with E-state index in [0.29, 0.717) is 33.6 Å². The van der Waals surface area contributed by atoms with Crippen LogP contribution in [0.2, 0.25) is 0 Å². The topological polar surface area (TPSA) is 95.2 Å². The highest BCUT2D eigenvalue weighted by atomic mass is 19.1. The van der Waals surface area contributed by atoms with Crippen LogP contribution in [0.5, 0.6) is 0 Å². The van der Waals surface area contributed by atoms with Crippen LogP contribution in [-0.4, -0.2) is 30.1 Å². The minimum absolute atomic E-state index is 0.205. The van der Waals surface area contributed by atoms with Crippen molar-refractivity contribution in [3.63, 3.8) is 0 Å². The van der Waals surface area contributed by atoms with E-state index in [-0.39, 0.29) is 5.57 Å². The Kier molecular flexibility index (Phi) is 5.92. The Bertz CT molecular complexity index is 1810. The lowest BCUT2D eigenvalue weighted by Gasteiger charge is -2.10. The summed E-state index contributed by atoms with van der Waals surface area (Å²) >= 11 is 0. The van der Waals surface area contributed by atoms with Crippen molar-refractivity contribution in [2.75, 3.05) is 5.32 Å². The number of nitrogens with one attached hydrogen (secondary N) is 3. The molecule has 1 aliphatic rings.